The van der Waals surface area contributed by atoms with Crippen LogP contribution in [0.1, 0.15) is 50.3 Å². The fraction of sp³-hybridized carbons (Fsp3) is 0.0755. The molecule has 8 rings (SSSR count). The molecule has 0 bridgehead atoms. The van der Waals surface area contributed by atoms with Gasteiger partial charge in [0, 0.05) is 12.1 Å². The predicted octanol–water partition coefficient (Wildman–Crippen LogP) is 10.3. The summed E-state index contributed by atoms with van der Waals surface area (Å²) in [7, 11) is 6.83. The van der Waals surface area contributed by atoms with Gasteiger partial charge < -0.3 is 11.5 Å². The Morgan fingerprint density at radius 3 is 0.934 bits per heavy atom. The molecular weight excluding hydrogens is 915 g/mol. The van der Waals surface area contributed by atoms with Crippen molar-refractivity contribution in [2.24, 2.45) is 11.5 Å². The summed E-state index contributed by atoms with van der Waals surface area (Å²) < 4.78 is 0. The Hall–Kier alpha value is -4.59. The second-order valence-corrected chi connectivity index (χ2v) is 22.1. The zero-order chi connectivity index (χ0) is 43.0. The number of hydrogen-bond acceptors (Lipinski definition) is 3. The third-order valence-electron chi connectivity index (χ3n) is 10.4. The molecule has 8 heteroatoms. The van der Waals surface area contributed by atoms with E-state index in [0.717, 1.165) is 32.9 Å². The Morgan fingerprint density at radius 1 is 0.426 bits per heavy atom. The zero-order valence-corrected chi connectivity index (χ0v) is 39.4. The number of benzene rings is 8. The third-order valence-corrected chi connectivity index (χ3v) is 15.9. The van der Waals surface area contributed by atoms with Crippen molar-refractivity contribution in [3.8, 4) is 0 Å². The van der Waals surface area contributed by atoms with E-state index < -0.39 is 15.8 Å². The van der Waals surface area contributed by atoms with Gasteiger partial charge >= 0.3 is 34.5 Å². The van der Waals surface area contributed by atoms with Crippen molar-refractivity contribution in [3.05, 3.63) is 252 Å². The van der Waals surface area contributed by atoms with E-state index in [-0.39, 0.29) is 33.0 Å². The van der Waals surface area contributed by atoms with Crippen molar-refractivity contribution < 1.29 is 19.9 Å². The minimum atomic E-state index is -1.44. The molecule has 8 aromatic carbocycles. The van der Waals surface area contributed by atoms with E-state index in [1.54, 1.807) is 0 Å². The molecular formula is C53H50Cl2N2OP2Ru+4. The van der Waals surface area contributed by atoms with Crippen LogP contribution < -0.4 is 43.3 Å². The van der Waals surface area contributed by atoms with Gasteiger partial charge in [0.15, 0.2) is 0 Å². The summed E-state index contributed by atoms with van der Waals surface area (Å²) in [6, 6.07) is 75.1. The standard InChI is InChI=1S/C39H32OP2.C14H16N2.2ClH.Ru/c1-29-23-25-35(37(27-29)41(31-15-7-3-8-16-31)32-17-9-4-10-18-32)39(40)36-26-24-30(2)28-38(36)42(33-19-11-5-12-20-33)34-21-13-6-14-22-34;15-13(11-7-3-1-4-8-11)14(16)12-9-5-2-6-10-12;;;/h3-28H,1-2H3;1-10,13-14H,15-16H2;2*1H;/q;;;;+4. The Bertz CT molecular complexity index is 2300. The summed E-state index contributed by atoms with van der Waals surface area (Å²) in [6.45, 7) is 4.24. The van der Waals surface area contributed by atoms with Gasteiger partial charge in [-0.2, -0.15) is 0 Å². The molecule has 0 heterocycles. The van der Waals surface area contributed by atoms with Crippen molar-refractivity contribution in [2.75, 3.05) is 0 Å². The first kappa shape index (κ1) is 45.9. The second kappa shape index (κ2) is 23.6. The van der Waals surface area contributed by atoms with Gasteiger partial charge in [0.05, 0.1) is 27.0 Å². The molecule has 0 saturated heterocycles. The minimum absolute atomic E-state index is 0.101. The first-order chi connectivity index (χ1) is 29.8. The van der Waals surface area contributed by atoms with Crippen molar-refractivity contribution in [2.45, 2.75) is 25.9 Å². The van der Waals surface area contributed by atoms with Crippen LogP contribution in [-0.2, 0) is 15.1 Å². The molecule has 0 fully saturated rings. The first-order valence-electron chi connectivity index (χ1n) is 20.0. The van der Waals surface area contributed by atoms with Crippen LogP contribution in [-0.4, -0.2) is 5.78 Å². The van der Waals surface area contributed by atoms with Crippen LogP contribution in [0.15, 0.2) is 218 Å². The SMILES string of the molecule is Cc1ccc(C(=O)c2ccc(C)cc2[PH+](c2ccccc2)c2ccccc2)c([PH+](c2ccccc2)c2ccccc2)c1.NC(c1ccccc1)C(N)c1ccccc1.[Cl][Ru+2][Cl]. The number of carbonyl (C=O) groups excluding carboxylic acids is 1. The normalized spacial score (nSPS) is 11.7. The van der Waals surface area contributed by atoms with E-state index in [2.05, 4.69) is 172 Å². The van der Waals surface area contributed by atoms with Gasteiger partial charge in [0.1, 0.15) is 31.8 Å². The van der Waals surface area contributed by atoms with Crippen molar-refractivity contribution in [1.82, 2.24) is 0 Å². The molecule has 0 aliphatic rings. The Kier molecular flexibility index (Phi) is 17.8. The Labute approximate surface area is 379 Å². The van der Waals surface area contributed by atoms with E-state index in [1.165, 1.54) is 32.3 Å². The van der Waals surface area contributed by atoms with Gasteiger partial charge in [-0.3, -0.25) is 4.79 Å². The van der Waals surface area contributed by atoms with E-state index >= 15 is 0 Å². The van der Waals surface area contributed by atoms with Crippen LogP contribution in [0.25, 0.3) is 0 Å². The van der Waals surface area contributed by atoms with Gasteiger partial charge in [-0.15, -0.1) is 0 Å². The van der Waals surface area contributed by atoms with Crippen LogP contribution in [0.2, 0.25) is 0 Å². The van der Waals surface area contributed by atoms with Crippen molar-refractivity contribution in [3.63, 3.8) is 0 Å². The summed E-state index contributed by atoms with van der Waals surface area (Å²) in [5.41, 5.74) is 18.4. The monoisotopic (exact) mass is 964 g/mol. The van der Waals surface area contributed by atoms with Crippen LogP contribution in [0.3, 0.4) is 0 Å². The van der Waals surface area contributed by atoms with Crippen LogP contribution in [0, 0.1) is 13.8 Å². The molecule has 306 valence electrons. The Balaban J connectivity index is 0.000000272. The average molecular weight is 965 g/mol. The van der Waals surface area contributed by atoms with E-state index in [9.17, 15) is 4.79 Å². The second-order valence-electron chi connectivity index (χ2n) is 14.6. The van der Waals surface area contributed by atoms with Gasteiger partial charge in [-0.25, -0.2) is 0 Å². The van der Waals surface area contributed by atoms with E-state index in [4.69, 9.17) is 30.8 Å². The van der Waals surface area contributed by atoms with Gasteiger partial charge in [-0.1, -0.05) is 146 Å². The molecule has 0 saturated carbocycles. The molecule has 61 heavy (non-hydrogen) atoms. The topological polar surface area (TPSA) is 69.1 Å². The molecule has 0 radical (unpaired) electrons. The fourth-order valence-corrected chi connectivity index (χ4v) is 13.1. The van der Waals surface area contributed by atoms with Crippen molar-refractivity contribution in [1.29, 1.82) is 0 Å². The fourth-order valence-electron chi connectivity index (χ4n) is 7.41. The quantitative estimate of drug-likeness (QED) is 0.0771. The third kappa shape index (κ3) is 12.3. The molecule has 4 N–H and O–H groups in total. The number of carbonyl (C=O) groups is 1. The maximum absolute atomic E-state index is 14.9. The van der Waals surface area contributed by atoms with E-state index in [0.29, 0.717) is 0 Å². The van der Waals surface area contributed by atoms with Crippen LogP contribution in [0.5, 0.6) is 0 Å². The molecule has 2 atom stereocenters. The number of aryl methyl sites for hydroxylation is 2. The number of ketones is 1. The molecule has 3 nitrogen and oxygen atoms in total. The molecule has 2 unspecified atom stereocenters. The molecule has 0 aliphatic heterocycles. The van der Waals surface area contributed by atoms with Gasteiger partial charge in [0.2, 0.25) is 5.78 Å². The van der Waals surface area contributed by atoms with Gasteiger partial charge in [0.25, 0.3) is 0 Å². The number of halogens is 2. The zero-order valence-electron chi connectivity index (χ0n) is 34.1. The van der Waals surface area contributed by atoms with Crippen LogP contribution in [0.4, 0.5) is 0 Å². The van der Waals surface area contributed by atoms with Crippen molar-refractivity contribution >= 4 is 72.8 Å². The molecule has 8 aromatic rings. The molecule has 0 amide bonds. The summed E-state index contributed by atoms with van der Waals surface area (Å²) in [4.78, 5) is 14.9. The summed E-state index contributed by atoms with van der Waals surface area (Å²) in [5.74, 6) is 0.101. The molecule has 0 aromatic heterocycles. The first-order valence-corrected chi connectivity index (χ1v) is 27.5. The predicted molar refractivity (Wildman–Crippen MR) is 264 cm³/mol. The van der Waals surface area contributed by atoms with Gasteiger partial charge in [-0.05, 0) is 109 Å². The van der Waals surface area contributed by atoms with E-state index in [1.807, 2.05) is 60.7 Å². The molecule has 0 spiro atoms. The number of rotatable bonds is 11. The van der Waals surface area contributed by atoms with Crippen LogP contribution >= 0.6 is 35.2 Å². The Morgan fingerprint density at radius 2 is 0.672 bits per heavy atom. The number of nitrogens with two attached hydrogens (primary N) is 2. The average Bonchev–Trinajstić information content (AvgIpc) is 3.31. The summed E-state index contributed by atoms with van der Waals surface area (Å²) in [6.07, 6.45) is 0. The summed E-state index contributed by atoms with van der Waals surface area (Å²) >= 11 is -0.346. The summed E-state index contributed by atoms with van der Waals surface area (Å²) in [5, 5.41) is 7.38. The maximum atomic E-state index is 14.9. The molecule has 0 aliphatic carbocycles. The number of hydrogen-bond donors (Lipinski definition) is 2.